The van der Waals surface area contributed by atoms with Crippen LogP contribution in [0.2, 0.25) is 5.28 Å². The van der Waals surface area contributed by atoms with Gasteiger partial charge in [-0.2, -0.15) is 15.0 Å². The quantitative estimate of drug-likeness (QED) is 0.932. The molecule has 3 rings (SSSR count). The van der Waals surface area contributed by atoms with E-state index < -0.39 is 0 Å². The lowest BCUT2D eigenvalue weighted by molar-refractivity contribution is 0.596. The maximum atomic E-state index is 6.04. The van der Waals surface area contributed by atoms with Crippen LogP contribution in [0.25, 0.3) is 0 Å². The molecule has 0 spiro atoms. The Morgan fingerprint density at radius 3 is 2.67 bits per heavy atom. The monoisotopic (exact) mass is 324 g/mol. The fraction of sp³-hybridized carbons (Fsp3) is 0.538. The van der Waals surface area contributed by atoms with E-state index in [1.54, 1.807) is 17.5 Å². The molecule has 0 bridgehead atoms. The standard InChI is InChI=1S/C13H17ClN6S/c1-13(2,9-15-5-8-21-9)19-11-16-10(14)17-12(18-11)20-6-3-4-7-20/h5,8H,3-4,6-7H2,1-2H3,(H,16,17,18,19). The third kappa shape index (κ3) is 3.24. The maximum Gasteiger partial charge on any atom is 0.231 e. The lowest BCUT2D eigenvalue weighted by Crippen LogP contribution is -2.30. The molecule has 1 aliphatic heterocycles. The molecule has 0 saturated carbocycles. The predicted molar refractivity (Wildman–Crippen MR) is 85.0 cm³/mol. The molecule has 1 aliphatic rings. The van der Waals surface area contributed by atoms with Crippen LogP contribution >= 0.6 is 22.9 Å². The zero-order chi connectivity index (χ0) is 14.9. The van der Waals surface area contributed by atoms with Gasteiger partial charge in [-0.15, -0.1) is 11.3 Å². The molecule has 0 aliphatic carbocycles. The van der Waals surface area contributed by atoms with Crippen LogP contribution in [0.1, 0.15) is 31.7 Å². The van der Waals surface area contributed by atoms with Crippen LogP contribution in [0.4, 0.5) is 11.9 Å². The van der Waals surface area contributed by atoms with Gasteiger partial charge >= 0.3 is 0 Å². The second-order valence-electron chi connectivity index (χ2n) is 5.51. The topological polar surface area (TPSA) is 66.8 Å². The van der Waals surface area contributed by atoms with Crippen molar-refractivity contribution < 1.29 is 0 Å². The van der Waals surface area contributed by atoms with Gasteiger partial charge in [0.05, 0.1) is 5.54 Å². The predicted octanol–water partition coefficient (Wildman–Crippen LogP) is 2.93. The first-order chi connectivity index (χ1) is 10.0. The minimum Gasteiger partial charge on any atom is -0.343 e. The van der Waals surface area contributed by atoms with Crippen molar-refractivity contribution in [3.8, 4) is 0 Å². The number of hydrogen-bond acceptors (Lipinski definition) is 7. The molecular weight excluding hydrogens is 308 g/mol. The molecule has 0 radical (unpaired) electrons. The normalized spacial score (nSPS) is 15.5. The van der Waals surface area contributed by atoms with Gasteiger partial charge in [0.2, 0.25) is 17.2 Å². The van der Waals surface area contributed by atoms with Gasteiger partial charge in [-0.05, 0) is 38.3 Å². The minimum atomic E-state index is -0.360. The summed E-state index contributed by atoms with van der Waals surface area (Å²) < 4.78 is 0. The summed E-state index contributed by atoms with van der Waals surface area (Å²) in [7, 11) is 0. The first-order valence-electron chi connectivity index (χ1n) is 6.89. The number of hydrogen-bond donors (Lipinski definition) is 1. The summed E-state index contributed by atoms with van der Waals surface area (Å²) in [6, 6.07) is 0. The van der Waals surface area contributed by atoms with Gasteiger partial charge in [-0.25, -0.2) is 4.98 Å². The maximum absolute atomic E-state index is 6.04. The number of nitrogens with one attached hydrogen (secondary N) is 1. The van der Waals surface area contributed by atoms with E-state index in [9.17, 15) is 0 Å². The number of thiazole rings is 1. The van der Waals surface area contributed by atoms with Crippen molar-refractivity contribution in [1.29, 1.82) is 0 Å². The molecule has 3 heterocycles. The van der Waals surface area contributed by atoms with Crippen LogP contribution in [0.15, 0.2) is 11.6 Å². The van der Waals surface area contributed by atoms with Gasteiger partial charge in [-0.1, -0.05) is 0 Å². The summed E-state index contributed by atoms with van der Waals surface area (Å²) in [4.78, 5) is 19.4. The Morgan fingerprint density at radius 1 is 1.24 bits per heavy atom. The van der Waals surface area contributed by atoms with E-state index in [-0.39, 0.29) is 10.8 Å². The van der Waals surface area contributed by atoms with Crippen molar-refractivity contribution in [1.82, 2.24) is 19.9 Å². The first kappa shape index (κ1) is 14.5. The summed E-state index contributed by atoms with van der Waals surface area (Å²) in [6.45, 7) is 6.02. The van der Waals surface area contributed by atoms with E-state index in [0.717, 1.165) is 30.9 Å². The number of anilines is 2. The van der Waals surface area contributed by atoms with Crippen molar-refractivity contribution in [3.63, 3.8) is 0 Å². The fourth-order valence-corrected chi connectivity index (χ4v) is 3.19. The number of rotatable bonds is 4. The summed E-state index contributed by atoms with van der Waals surface area (Å²) >= 11 is 7.63. The molecule has 8 heteroatoms. The van der Waals surface area contributed by atoms with Gasteiger partial charge in [0, 0.05) is 24.7 Å². The lowest BCUT2D eigenvalue weighted by atomic mass is 10.1. The summed E-state index contributed by atoms with van der Waals surface area (Å²) in [5, 5.41) is 6.44. The molecule has 2 aromatic rings. The highest BCUT2D eigenvalue weighted by Crippen LogP contribution is 2.27. The molecule has 0 amide bonds. The van der Waals surface area contributed by atoms with Crippen molar-refractivity contribution in [2.45, 2.75) is 32.2 Å². The Labute approximate surface area is 132 Å². The molecule has 0 aromatic carbocycles. The van der Waals surface area contributed by atoms with Crippen molar-refractivity contribution in [2.75, 3.05) is 23.3 Å². The molecule has 6 nitrogen and oxygen atoms in total. The van der Waals surface area contributed by atoms with Crippen LogP contribution < -0.4 is 10.2 Å². The summed E-state index contributed by atoms with van der Waals surface area (Å²) in [6.07, 6.45) is 4.12. The molecule has 21 heavy (non-hydrogen) atoms. The molecule has 1 saturated heterocycles. The molecular formula is C13H17ClN6S. The second kappa shape index (κ2) is 5.73. The van der Waals surface area contributed by atoms with Crippen LogP contribution in [0.5, 0.6) is 0 Å². The highest BCUT2D eigenvalue weighted by atomic mass is 35.5. The van der Waals surface area contributed by atoms with Crippen molar-refractivity contribution in [3.05, 3.63) is 21.9 Å². The average molecular weight is 325 g/mol. The van der Waals surface area contributed by atoms with Crippen molar-refractivity contribution >= 4 is 34.8 Å². The molecule has 1 N–H and O–H groups in total. The SMILES string of the molecule is CC(C)(Nc1nc(Cl)nc(N2CCCC2)n1)c1nccs1. The van der Waals surface area contributed by atoms with E-state index in [2.05, 4.69) is 30.2 Å². The molecule has 2 aromatic heterocycles. The zero-order valence-electron chi connectivity index (χ0n) is 12.0. The van der Waals surface area contributed by atoms with Crippen LogP contribution in [0.3, 0.4) is 0 Å². The number of nitrogens with zero attached hydrogens (tertiary/aromatic N) is 5. The largest absolute Gasteiger partial charge is 0.343 e. The smallest absolute Gasteiger partial charge is 0.231 e. The van der Waals surface area contributed by atoms with E-state index in [4.69, 9.17) is 11.6 Å². The van der Waals surface area contributed by atoms with Gasteiger partial charge in [0.1, 0.15) is 5.01 Å². The Bertz CT molecular complexity index is 609. The van der Waals surface area contributed by atoms with Crippen LogP contribution in [-0.4, -0.2) is 33.0 Å². The Hall–Kier alpha value is -1.47. The number of halogens is 1. The summed E-state index contributed by atoms with van der Waals surface area (Å²) in [5.74, 6) is 1.13. The molecule has 0 atom stereocenters. The van der Waals surface area contributed by atoms with Gasteiger partial charge in [0.15, 0.2) is 0 Å². The van der Waals surface area contributed by atoms with E-state index in [1.165, 1.54) is 0 Å². The van der Waals surface area contributed by atoms with E-state index in [1.807, 2.05) is 19.2 Å². The number of aromatic nitrogens is 4. The first-order valence-corrected chi connectivity index (χ1v) is 8.15. The summed E-state index contributed by atoms with van der Waals surface area (Å²) in [5.41, 5.74) is -0.360. The van der Waals surface area contributed by atoms with Gasteiger partial charge in [-0.3, -0.25) is 0 Å². The zero-order valence-corrected chi connectivity index (χ0v) is 13.6. The molecule has 112 valence electrons. The van der Waals surface area contributed by atoms with E-state index in [0.29, 0.717) is 11.9 Å². The fourth-order valence-electron chi connectivity index (χ4n) is 2.32. The van der Waals surface area contributed by atoms with Gasteiger partial charge in [0.25, 0.3) is 0 Å². The highest BCUT2D eigenvalue weighted by molar-refractivity contribution is 7.09. The third-order valence-electron chi connectivity index (χ3n) is 3.38. The Balaban J connectivity index is 1.85. The highest BCUT2D eigenvalue weighted by Gasteiger charge is 2.25. The minimum absolute atomic E-state index is 0.212. The Morgan fingerprint density at radius 2 is 2.00 bits per heavy atom. The second-order valence-corrected chi connectivity index (χ2v) is 6.74. The van der Waals surface area contributed by atoms with Crippen LogP contribution in [0, 0.1) is 0 Å². The molecule has 1 fully saturated rings. The Kier molecular flexibility index (Phi) is 3.95. The lowest BCUT2D eigenvalue weighted by Gasteiger charge is -2.24. The van der Waals surface area contributed by atoms with Crippen LogP contribution in [-0.2, 0) is 5.54 Å². The van der Waals surface area contributed by atoms with E-state index >= 15 is 0 Å². The average Bonchev–Trinajstić information content (AvgIpc) is 3.12. The van der Waals surface area contributed by atoms with Crippen molar-refractivity contribution in [2.24, 2.45) is 0 Å². The van der Waals surface area contributed by atoms with Gasteiger partial charge < -0.3 is 10.2 Å². The molecule has 0 unspecified atom stereocenters. The third-order valence-corrected chi connectivity index (χ3v) is 4.64.